The summed E-state index contributed by atoms with van der Waals surface area (Å²) in [7, 11) is 2.07. The first-order valence-electron chi connectivity index (χ1n) is 10.1. The average Bonchev–Trinajstić information content (AvgIpc) is 3.33. The zero-order valence-corrected chi connectivity index (χ0v) is 16.9. The average molecular weight is 371 g/mol. The molecule has 1 saturated heterocycles. The topological polar surface area (TPSA) is 47.9 Å². The number of rotatable bonds is 6. The first-order chi connectivity index (χ1) is 13.1. The summed E-state index contributed by atoms with van der Waals surface area (Å²) in [6, 6.07) is 0.486. The summed E-state index contributed by atoms with van der Waals surface area (Å²) in [5, 5.41) is 10.2. The smallest absolute Gasteiger partial charge is 0.236 e. The normalized spacial score (nSPS) is 25.2. The van der Waals surface area contributed by atoms with Crippen molar-refractivity contribution in [1.82, 2.24) is 15.2 Å². The molecule has 0 aromatic carbocycles. The van der Waals surface area contributed by atoms with Crippen molar-refractivity contribution in [3.05, 3.63) is 24.3 Å². The Morgan fingerprint density at radius 2 is 2.11 bits per heavy atom. The fourth-order valence-corrected chi connectivity index (χ4v) is 3.95. The maximum absolute atomic E-state index is 12.1. The van der Waals surface area contributed by atoms with Crippen LogP contribution in [-0.2, 0) is 4.79 Å². The van der Waals surface area contributed by atoms with Crippen molar-refractivity contribution in [3.63, 3.8) is 0 Å². The lowest BCUT2D eigenvalue weighted by Gasteiger charge is -2.20. The maximum Gasteiger partial charge on any atom is 0.236 e. The number of likely N-dealkylation sites (tertiary alicyclic amines) is 1. The van der Waals surface area contributed by atoms with Gasteiger partial charge in [-0.15, -0.1) is 12.3 Å². The Morgan fingerprint density at radius 3 is 2.78 bits per heavy atom. The van der Waals surface area contributed by atoms with E-state index in [-0.39, 0.29) is 5.91 Å². The molecule has 1 N–H and O–H groups in total. The van der Waals surface area contributed by atoms with Crippen LogP contribution in [0.1, 0.15) is 45.4 Å². The van der Waals surface area contributed by atoms with Gasteiger partial charge in [-0.25, -0.2) is 0 Å². The van der Waals surface area contributed by atoms with E-state index in [4.69, 9.17) is 0 Å². The quantitative estimate of drug-likeness (QED) is 0.578. The number of carbonyl (C=O) groups excluding carboxylic acids is 1. The third-order valence-electron chi connectivity index (χ3n) is 5.23. The molecule has 2 fully saturated rings. The van der Waals surface area contributed by atoms with E-state index in [1.54, 1.807) is 6.92 Å². The van der Waals surface area contributed by atoms with Crippen LogP contribution >= 0.6 is 0 Å². The van der Waals surface area contributed by atoms with Crippen LogP contribution in [0.3, 0.4) is 0 Å². The Morgan fingerprint density at radius 1 is 1.37 bits per heavy atom. The van der Waals surface area contributed by atoms with Gasteiger partial charge in [-0.3, -0.25) is 9.80 Å². The van der Waals surface area contributed by atoms with Crippen LogP contribution in [0.2, 0.25) is 0 Å². The molecule has 3 aliphatic rings. The Hall–Kier alpha value is -2.06. The van der Waals surface area contributed by atoms with Gasteiger partial charge in [-0.05, 0) is 51.0 Å². The molecule has 0 aromatic rings. The van der Waals surface area contributed by atoms with Crippen molar-refractivity contribution < 1.29 is 4.79 Å². The second-order valence-corrected chi connectivity index (χ2v) is 7.56. The van der Waals surface area contributed by atoms with Gasteiger partial charge in [-0.2, -0.15) is 5.10 Å². The van der Waals surface area contributed by atoms with Crippen molar-refractivity contribution in [3.8, 4) is 12.3 Å². The Kier molecular flexibility index (Phi) is 9.13. The van der Waals surface area contributed by atoms with Gasteiger partial charge in [-0.1, -0.05) is 18.2 Å². The number of allylic oxidation sites excluding steroid dienone is 4. The molecular weight excluding hydrogens is 336 g/mol. The SMILES string of the molecule is C#CC.CN(CC1CCC(NCC(=O)N2CCCC2)C1)/N=C1/C=CC=CC1. The van der Waals surface area contributed by atoms with Crippen molar-refractivity contribution >= 4 is 11.6 Å². The largest absolute Gasteiger partial charge is 0.342 e. The molecule has 2 unspecified atom stereocenters. The summed E-state index contributed by atoms with van der Waals surface area (Å²) in [4.78, 5) is 14.1. The maximum atomic E-state index is 12.1. The van der Waals surface area contributed by atoms with Crippen LogP contribution in [0.4, 0.5) is 0 Å². The van der Waals surface area contributed by atoms with Gasteiger partial charge < -0.3 is 10.2 Å². The molecule has 0 radical (unpaired) electrons. The summed E-state index contributed by atoms with van der Waals surface area (Å²) >= 11 is 0. The molecular formula is C22H34N4O. The van der Waals surface area contributed by atoms with Gasteiger partial charge in [0, 0.05) is 39.1 Å². The van der Waals surface area contributed by atoms with Crippen LogP contribution in [0, 0.1) is 18.3 Å². The summed E-state index contributed by atoms with van der Waals surface area (Å²) in [5.41, 5.74) is 1.13. The van der Waals surface area contributed by atoms with Gasteiger partial charge in [0.1, 0.15) is 0 Å². The zero-order valence-electron chi connectivity index (χ0n) is 16.9. The third-order valence-corrected chi connectivity index (χ3v) is 5.23. The molecule has 1 aliphatic heterocycles. The molecule has 27 heavy (non-hydrogen) atoms. The van der Waals surface area contributed by atoms with Crippen molar-refractivity contribution in [2.24, 2.45) is 11.0 Å². The van der Waals surface area contributed by atoms with Gasteiger partial charge in [0.2, 0.25) is 5.91 Å². The summed E-state index contributed by atoms with van der Waals surface area (Å²) in [6.07, 6.45) is 19.7. The van der Waals surface area contributed by atoms with Gasteiger partial charge in [0.25, 0.3) is 0 Å². The number of hydrogen-bond acceptors (Lipinski definition) is 4. The lowest BCUT2D eigenvalue weighted by molar-refractivity contribution is -0.129. The second-order valence-electron chi connectivity index (χ2n) is 7.56. The molecule has 0 spiro atoms. The monoisotopic (exact) mass is 370 g/mol. The molecule has 0 bridgehead atoms. The summed E-state index contributed by atoms with van der Waals surface area (Å²) in [5.74, 6) is 3.19. The molecule has 5 heteroatoms. The first-order valence-corrected chi connectivity index (χ1v) is 10.1. The first kappa shape index (κ1) is 21.2. The molecule has 1 heterocycles. The number of carbonyl (C=O) groups is 1. The highest BCUT2D eigenvalue weighted by molar-refractivity contribution is 5.96. The predicted octanol–water partition coefficient (Wildman–Crippen LogP) is 2.81. The number of amides is 1. The standard InChI is InChI=1S/C19H30N4O.C3H4/c1-22(21-17-7-3-2-4-8-17)15-16-9-10-18(13-16)20-14-19(24)23-11-5-6-12-23;1-3-2/h2-4,7,16,18,20H,5-6,8-15H2,1H3;1H,2H3/b21-17-;. The lowest BCUT2D eigenvalue weighted by atomic mass is 10.1. The fourth-order valence-electron chi connectivity index (χ4n) is 3.95. The van der Waals surface area contributed by atoms with Crippen LogP contribution in [-0.4, -0.2) is 60.8 Å². The van der Waals surface area contributed by atoms with E-state index in [1.807, 2.05) is 11.0 Å². The molecule has 2 atom stereocenters. The van der Waals surface area contributed by atoms with E-state index in [0.29, 0.717) is 18.5 Å². The van der Waals surface area contributed by atoms with Crippen molar-refractivity contribution in [1.29, 1.82) is 0 Å². The third kappa shape index (κ3) is 7.60. The number of nitrogens with one attached hydrogen (secondary N) is 1. The van der Waals surface area contributed by atoms with Gasteiger partial charge in [0.05, 0.1) is 12.3 Å². The highest BCUT2D eigenvalue weighted by atomic mass is 16.2. The van der Waals surface area contributed by atoms with Gasteiger partial charge >= 0.3 is 0 Å². The van der Waals surface area contributed by atoms with E-state index >= 15 is 0 Å². The van der Waals surface area contributed by atoms with Crippen molar-refractivity contribution in [2.75, 3.05) is 33.2 Å². The Bertz CT molecular complexity index is 596. The summed E-state index contributed by atoms with van der Waals surface area (Å²) < 4.78 is 0. The minimum Gasteiger partial charge on any atom is -0.342 e. The molecule has 1 amide bonds. The highest BCUT2D eigenvalue weighted by Crippen LogP contribution is 2.26. The number of hydrogen-bond donors (Lipinski definition) is 1. The van der Waals surface area contributed by atoms with E-state index in [0.717, 1.165) is 51.0 Å². The molecule has 148 valence electrons. The number of nitrogens with zero attached hydrogens (tertiary/aromatic N) is 3. The predicted molar refractivity (Wildman–Crippen MR) is 112 cm³/mol. The minimum atomic E-state index is 0.275. The van der Waals surface area contributed by atoms with Gasteiger partial charge in [0.15, 0.2) is 0 Å². The fraction of sp³-hybridized carbons (Fsp3) is 0.636. The number of hydrazone groups is 1. The van der Waals surface area contributed by atoms with Crippen LogP contribution in [0.5, 0.6) is 0 Å². The van der Waals surface area contributed by atoms with E-state index in [1.165, 1.54) is 12.8 Å². The number of terminal acetylenes is 1. The van der Waals surface area contributed by atoms with Crippen LogP contribution < -0.4 is 5.32 Å². The lowest BCUT2D eigenvalue weighted by Crippen LogP contribution is -2.39. The zero-order chi connectivity index (χ0) is 19.5. The van der Waals surface area contributed by atoms with Crippen LogP contribution in [0.15, 0.2) is 29.4 Å². The van der Waals surface area contributed by atoms with E-state index in [2.05, 4.69) is 53.0 Å². The Labute approximate surface area is 164 Å². The Balaban J connectivity index is 0.000000817. The summed E-state index contributed by atoms with van der Waals surface area (Å²) in [6.45, 7) is 5.05. The highest BCUT2D eigenvalue weighted by Gasteiger charge is 2.26. The molecule has 5 nitrogen and oxygen atoms in total. The molecule has 1 saturated carbocycles. The second kappa shape index (κ2) is 11.6. The van der Waals surface area contributed by atoms with E-state index in [9.17, 15) is 4.79 Å². The molecule has 2 aliphatic carbocycles. The molecule has 3 rings (SSSR count). The van der Waals surface area contributed by atoms with Crippen LogP contribution in [0.25, 0.3) is 0 Å². The van der Waals surface area contributed by atoms with E-state index < -0.39 is 0 Å². The van der Waals surface area contributed by atoms with Crippen molar-refractivity contribution in [2.45, 2.75) is 51.5 Å². The molecule has 0 aromatic heterocycles. The minimum absolute atomic E-state index is 0.275.